The molecule has 154 valence electrons. The number of nitrogens with zero attached hydrogens (tertiary/aromatic N) is 2. The van der Waals surface area contributed by atoms with E-state index < -0.39 is 41.9 Å². The van der Waals surface area contributed by atoms with E-state index in [0.717, 1.165) is 4.90 Å². The van der Waals surface area contributed by atoms with Crippen LogP contribution in [-0.4, -0.2) is 47.8 Å². The van der Waals surface area contributed by atoms with Gasteiger partial charge in [-0.2, -0.15) is 0 Å². The third-order valence-corrected chi connectivity index (χ3v) is 5.31. The predicted molar refractivity (Wildman–Crippen MR) is 106 cm³/mol. The summed E-state index contributed by atoms with van der Waals surface area (Å²) in [4.78, 5) is 52.5. The van der Waals surface area contributed by atoms with Gasteiger partial charge in [0.25, 0.3) is 11.8 Å². The number of hydrogen-bond acceptors (Lipinski definition) is 5. The van der Waals surface area contributed by atoms with E-state index >= 15 is 0 Å². The van der Waals surface area contributed by atoms with Crippen molar-refractivity contribution in [1.82, 2.24) is 10.2 Å². The average Bonchev–Trinajstić information content (AvgIpc) is 2.97. The second-order valence-corrected chi connectivity index (χ2v) is 7.29. The molecule has 4 rings (SSSR count). The highest BCUT2D eigenvalue weighted by Gasteiger charge is 2.50. The Morgan fingerprint density at radius 3 is 2.50 bits per heavy atom. The number of amides is 5. The lowest BCUT2D eigenvalue weighted by Crippen LogP contribution is -2.52. The summed E-state index contributed by atoms with van der Waals surface area (Å²) < 4.78 is 5.55. The number of para-hydroxylation sites is 2. The number of nitrogens with two attached hydrogens (primary N) is 1. The summed E-state index contributed by atoms with van der Waals surface area (Å²) in [6.45, 7) is 1.01. The molecule has 2 aromatic carbocycles. The van der Waals surface area contributed by atoms with Crippen molar-refractivity contribution in [2.45, 2.75) is 18.6 Å². The van der Waals surface area contributed by atoms with Crippen LogP contribution in [0.3, 0.4) is 0 Å². The fraction of sp³-hybridized carbons (Fsp3) is 0.238. The summed E-state index contributed by atoms with van der Waals surface area (Å²) in [6, 6.07) is 14.8. The fourth-order valence-corrected chi connectivity index (χ4v) is 3.65. The van der Waals surface area contributed by atoms with Gasteiger partial charge in [0, 0.05) is 0 Å². The average molecular weight is 408 g/mol. The van der Waals surface area contributed by atoms with E-state index in [0.29, 0.717) is 17.0 Å². The number of urea groups is 1. The van der Waals surface area contributed by atoms with Crippen LogP contribution in [0.15, 0.2) is 54.6 Å². The van der Waals surface area contributed by atoms with Crippen molar-refractivity contribution in [3.63, 3.8) is 0 Å². The van der Waals surface area contributed by atoms with Crippen molar-refractivity contribution in [2.75, 3.05) is 18.0 Å². The summed E-state index contributed by atoms with van der Waals surface area (Å²) in [5.41, 5.74) is 5.15. The van der Waals surface area contributed by atoms with Gasteiger partial charge in [-0.25, -0.2) is 4.79 Å². The molecular weight excluding hydrogens is 388 g/mol. The van der Waals surface area contributed by atoms with Crippen molar-refractivity contribution < 1.29 is 23.9 Å². The summed E-state index contributed by atoms with van der Waals surface area (Å²) in [5.74, 6) is -1.45. The minimum atomic E-state index is -1.27. The highest BCUT2D eigenvalue weighted by molar-refractivity contribution is 6.11. The molecule has 2 atom stereocenters. The molecule has 3 N–H and O–H groups in total. The standard InChI is InChI=1S/C21H20N4O5/c1-21(13-7-3-2-4-8-13)19(28)25(20(29)23-21)12-17(26)24-11-16(18(22)27)30-15-10-6-5-9-14(15)24/h2-10,16H,11-12H2,1H3,(H2,22,27)(H,23,29)/t16-,21-/m0/s1. The molecule has 9 nitrogen and oxygen atoms in total. The molecule has 2 aliphatic heterocycles. The van der Waals surface area contributed by atoms with Crippen molar-refractivity contribution in [3.8, 4) is 5.75 Å². The lowest BCUT2D eigenvalue weighted by atomic mass is 9.92. The minimum Gasteiger partial charge on any atom is -0.477 e. The van der Waals surface area contributed by atoms with Crippen molar-refractivity contribution in [1.29, 1.82) is 0 Å². The van der Waals surface area contributed by atoms with Crippen molar-refractivity contribution >= 4 is 29.4 Å². The fourth-order valence-electron chi connectivity index (χ4n) is 3.65. The zero-order valence-corrected chi connectivity index (χ0v) is 16.2. The molecule has 1 fully saturated rings. The summed E-state index contributed by atoms with van der Waals surface area (Å²) in [7, 11) is 0. The SMILES string of the molecule is C[C@@]1(c2ccccc2)NC(=O)N(CC(=O)N2C[C@@H](C(N)=O)Oc3ccccc32)C1=O. The summed E-state index contributed by atoms with van der Waals surface area (Å²) in [5, 5.41) is 2.67. The van der Waals surface area contributed by atoms with E-state index in [-0.39, 0.29) is 6.54 Å². The third-order valence-electron chi connectivity index (χ3n) is 5.31. The molecular formula is C21H20N4O5. The molecule has 0 unspecified atom stereocenters. The Morgan fingerprint density at radius 2 is 1.80 bits per heavy atom. The Labute approximate surface area is 172 Å². The molecule has 0 spiro atoms. The Bertz CT molecular complexity index is 1040. The van der Waals surface area contributed by atoms with Gasteiger partial charge in [0.15, 0.2) is 6.10 Å². The van der Waals surface area contributed by atoms with Gasteiger partial charge >= 0.3 is 6.03 Å². The number of rotatable bonds is 4. The molecule has 5 amide bonds. The number of fused-ring (bicyclic) bond motifs is 1. The molecule has 2 heterocycles. The molecule has 1 saturated heterocycles. The van der Waals surface area contributed by atoms with E-state index in [1.54, 1.807) is 61.5 Å². The van der Waals surface area contributed by atoms with Crippen LogP contribution in [0.1, 0.15) is 12.5 Å². The maximum Gasteiger partial charge on any atom is 0.325 e. The second kappa shape index (κ2) is 7.18. The van der Waals surface area contributed by atoms with Crippen molar-refractivity contribution in [3.05, 3.63) is 60.2 Å². The molecule has 0 saturated carbocycles. The third kappa shape index (κ3) is 3.14. The van der Waals surface area contributed by atoms with Gasteiger partial charge in [0.05, 0.1) is 12.2 Å². The molecule has 30 heavy (non-hydrogen) atoms. The first-order valence-electron chi connectivity index (χ1n) is 9.36. The number of nitrogens with one attached hydrogen (secondary N) is 1. The van der Waals surface area contributed by atoms with E-state index in [9.17, 15) is 19.2 Å². The lowest BCUT2D eigenvalue weighted by molar-refractivity contribution is -0.134. The van der Waals surface area contributed by atoms with Gasteiger partial charge in [0.2, 0.25) is 5.91 Å². The van der Waals surface area contributed by atoms with E-state index in [1.807, 2.05) is 0 Å². The highest BCUT2D eigenvalue weighted by atomic mass is 16.5. The second-order valence-electron chi connectivity index (χ2n) is 7.29. The van der Waals surface area contributed by atoms with Crippen molar-refractivity contribution in [2.24, 2.45) is 5.73 Å². The topological polar surface area (TPSA) is 122 Å². The lowest BCUT2D eigenvalue weighted by Gasteiger charge is -2.34. The zero-order valence-electron chi connectivity index (χ0n) is 16.2. The Morgan fingerprint density at radius 1 is 1.13 bits per heavy atom. The van der Waals surface area contributed by atoms with Crippen LogP contribution in [0.5, 0.6) is 5.75 Å². The van der Waals surface area contributed by atoms with Crippen LogP contribution in [0, 0.1) is 0 Å². The van der Waals surface area contributed by atoms with Gasteiger partial charge in [-0.3, -0.25) is 19.3 Å². The van der Waals surface area contributed by atoms with Crippen LogP contribution in [0.4, 0.5) is 10.5 Å². The van der Waals surface area contributed by atoms with Crippen LogP contribution in [-0.2, 0) is 19.9 Å². The number of anilines is 1. The monoisotopic (exact) mass is 408 g/mol. The maximum atomic E-state index is 13.1. The van der Waals surface area contributed by atoms with Gasteiger partial charge in [-0.05, 0) is 24.6 Å². The van der Waals surface area contributed by atoms with Gasteiger partial charge in [-0.1, -0.05) is 42.5 Å². The Kier molecular flexibility index (Phi) is 4.65. The van der Waals surface area contributed by atoms with E-state index in [2.05, 4.69) is 5.32 Å². The van der Waals surface area contributed by atoms with Gasteiger partial charge in [0.1, 0.15) is 17.8 Å². The van der Waals surface area contributed by atoms with Crippen LogP contribution < -0.4 is 20.7 Å². The minimum absolute atomic E-state index is 0.106. The molecule has 2 aromatic rings. The molecule has 0 radical (unpaired) electrons. The highest BCUT2D eigenvalue weighted by Crippen LogP contribution is 2.34. The predicted octanol–water partition coefficient (Wildman–Crippen LogP) is 0.733. The first-order valence-corrected chi connectivity index (χ1v) is 9.36. The summed E-state index contributed by atoms with van der Waals surface area (Å²) in [6.07, 6.45) is -1.03. The molecule has 9 heteroatoms. The van der Waals surface area contributed by atoms with E-state index in [1.165, 1.54) is 4.90 Å². The number of carbonyl (C=O) groups excluding carboxylic acids is 4. The smallest absolute Gasteiger partial charge is 0.325 e. The quantitative estimate of drug-likeness (QED) is 0.723. The zero-order chi connectivity index (χ0) is 21.5. The van der Waals surface area contributed by atoms with Gasteiger partial charge < -0.3 is 20.7 Å². The first-order chi connectivity index (χ1) is 14.3. The maximum absolute atomic E-state index is 13.1. The largest absolute Gasteiger partial charge is 0.477 e. The molecule has 2 aliphatic rings. The Hall–Kier alpha value is -3.88. The number of benzene rings is 2. The van der Waals surface area contributed by atoms with Crippen LogP contribution in [0.25, 0.3) is 0 Å². The van der Waals surface area contributed by atoms with E-state index in [4.69, 9.17) is 10.5 Å². The van der Waals surface area contributed by atoms with Crippen LogP contribution in [0.2, 0.25) is 0 Å². The number of hydrogen-bond donors (Lipinski definition) is 2. The molecule has 0 aliphatic carbocycles. The molecule has 0 bridgehead atoms. The Balaban J connectivity index is 1.59. The number of primary amides is 1. The number of ether oxygens (including phenoxy) is 1. The first kappa shape index (κ1) is 19.4. The molecule has 0 aromatic heterocycles. The number of imide groups is 1. The van der Waals surface area contributed by atoms with Crippen LogP contribution >= 0.6 is 0 Å². The normalized spacial score (nSPS) is 22.9. The van der Waals surface area contributed by atoms with Gasteiger partial charge in [-0.15, -0.1) is 0 Å². The number of carbonyl (C=O) groups is 4. The summed E-state index contributed by atoms with van der Waals surface area (Å²) >= 11 is 0.